The maximum absolute atomic E-state index is 14.0. The highest BCUT2D eigenvalue weighted by molar-refractivity contribution is 7.98. The molecule has 1 atom stereocenters. The molecule has 41 heavy (non-hydrogen) atoms. The first-order chi connectivity index (χ1) is 19.7. The van der Waals surface area contributed by atoms with E-state index in [1.165, 1.54) is 40.5 Å². The highest BCUT2D eigenvalue weighted by atomic mass is 32.2. The number of aromatic nitrogens is 2. The van der Waals surface area contributed by atoms with Crippen LogP contribution >= 0.6 is 11.8 Å². The van der Waals surface area contributed by atoms with Gasteiger partial charge in [0, 0.05) is 37.9 Å². The van der Waals surface area contributed by atoms with E-state index in [2.05, 4.69) is 9.97 Å². The number of esters is 1. The number of nitro benzene ring substituents is 1. The smallest absolute Gasteiger partial charge is 0.343 e. The lowest BCUT2D eigenvalue weighted by atomic mass is 10.1. The number of ether oxygens (including phenoxy) is 1. The van der Waals surface area contributed by atoms with Crippen LogP contribution in [0.25, 0.3) is 0 Å². The molecule has 0 aliphatic carbocycles. The van der Waals surface area contributed by atoms with Crippen LogP contribution in [0.3, 0.4) is 0 Å². The molecule has 4 rings (SSSR count). The second kappa shape index (κ2) is 13.1. The van der Waals surface area contributed by atoms with Gasteiger partial charge in [-0.3, -0.25) is 10.1 Å². The van der Waals surface area contributed by atoms with Gasteiger partial charge < -0.3 is 9.64 Å². The summed E-state index contributed by atoms with van der Waals surface area (Å²) < 4.78 is 34.5. The average molecular weight is 597 g/mol. The van der Waals surface area contributed by atoms with Gasteiger partial charge in [0.1, 0.15) is 11.4 Å². The number of thioether (sulfide) groups is 1. The molecular formula is C27H28N6O6S2. The topological polar surface area (TPSA) is 160 Å². The van der Waals surface area contributed by atoms with E-state index in [4.69, 9.17) is 10.00 Å². The monoisotopic (exact) mass is 596 g/mol. The first-order valence-corrected chi connectivity index (χ1v) is 15.4. The minimum absolute atomic E-state index is 0.0325. The lowest BCUT2D eigenvalue weighted by Gasteiger charge is -2.32. The third kappa shape index (κ3) is 6.64. The minimum Gasteiger partial charge on any atom is -0.462 e. The molecule has 1 unspecified atom stereocenters. The number of nitrogens with zero attached hydrogens (tertiary/aromatic N) is 6. The van der Waals surface area contributed by atoms with E-state index >= 15 is 0 Å². The minimum atomic E-state index is -4.36. The molecule has 2 heterocycles. The summed E-state index contributed by atoms with van der Waals surface area (Å²) in [4.78, 5) is 34.1. The predicted octanol–water partition coefficient (Wildman–Crippen LogP) is 4.01. The van der Waals surface area contributed by atoms with Crippen LogP contribution in [0.15, 0.2) is 64.8 Å². The number of hydrogen-bond acceptors (Lipinski definition) is 11. The van der Waals surface area contributed by atoms with Crippen molar-refractivity contribution < 1.29 is 22.9 Å². The molecule has 12 nitrogen and oxygen atoms in total. The van der Waals surface area contributed by atoms with Crippen molar-refractivity contribution in [1.29, 1.82) is 5.26 Å². The number of hydrogen-bond donors (Lipinski definition) is 0. The summed E-state index contributed by atoms with van der Waals surface area (Å²) in [6, 6.07) is 13.4. The Labute approximate surface area is 242 Å². The summed E-state index contributed by atoms with van der Waals surface area (Å²) in [6.07, 6.45) is 4.53. The molecule has 1 saturated heterocycles. The van der Waals surface area contributed by atoms with E-state index < -0.39 is 37.5 Å². The van der Waals surface area contributed by atoms with Gasteiger partial charge in [-0.1, -0.05) is 36.0 Å². The number of carbonyl (C=O) groups is 1. The van der Waals surface area contributed by atoms with Crippen molar-refractivity contribution in [3.8, 4) is 6.07 Å². The van der Waals surface area contributed by atoms with Crippen LogP contribution in [0.4, 0.5) is 11.5 Å². The van der Waals surface area contributed by atoms with Crippen LogP contribution < -0.4 is 4.90 Å². The van der Waals surface area contributed by atoms with Crippen LogP contribution in [-0.2, 0) is 21.3 Å². The fourth-order valence-corrected chi connectivity index (χ4v) is 6.63. The summed E-state index contributed by atoms with van der Waals surface area (Å²) in [5.74, 6) is -0.227. The molecule has 1 fully saturated rings. The standard InChI is InChI=1S/C27H28N6O6S2/c1-3-39-26(34)22-16-29-27(40-2)30-25(22)32-14-6-7-21(32)18-31(17-20-12-10-19(15-28)11-13-20)41(37,38)24-9-5-4-8-23(24)33(35)36/h4-5,8-13,16,21H,3,6-7,14,17-18H2,1-2H3. The lowest BCUT2D eigenvalue weighted by Crippen LogP contribution is -2.43. The van der Waals surface area contributed by atoms with Gasteiger partial charge in [0.05, 0.1) is 23.2 Å². The zero-order valence-electron chi connectivity index (χ0n) is 22.5. The molecule has 0 saturated carbocycles. The summed E-state index contributed by atoms with van der Waals surface area (Å²) >= 11 is 1.31. The summed E-state index contributed by atoms with van der Waals surface area (Å²) in [7, 11) is -4.36. The molecule has 214 valence electrons. The van der Waals surface area contributed by atoms with Crippen LogP contribution in [0, 0.1) is 21.4 Å². The van der Waals surface area contributed by atoms with Crippen LogP contribution in [-0.4, -0.2) is 65.6 Å². The Morgan fingerprint density at radius 1 is 1.27 bits per heavy atom. The van der Waals surface area contributed by atoms with Crippen molar-refractivity contribution in [1.82, 2.24) is 14.3 Å². The number of nitro groups is 1. The van der Waals surface area contributed by atoms with Crippen molar-refractivity contribution in [2.45, 2.75) is 42.4 Å². The summed E-state index contributed by atoms with van der Waals surface area (Å²) in [6.45, 7) is 2.25. The Balaban J connectivity index is 1.76. The largest absolute Gasteiger partial charge is 0.462 e. The zero-order chi connectivity index (χ0) is 29.6. The maximum atomic E-state index is 14.0. The van der Waals surface area contributed by atoms with Gasteiger partial charge in [-0.05, 0) is 49.8 Å². The SMILES string of the molecule is CCOC(=O)c1cnc(SC)nc1N1CCCC1CN(Cc1ccc(C#N)cc1)S(=O)(=O)c1ccccc1[N+](=O)[O-]. The van der Waals surface area contributed by atoms with Gasteiger partial charge in [0.25, 0.3) is 5.69 Å². The van der Waals surface area contributed by atoms with Gasteiger partial charge in [-0.25, -0.2) is 23.2 Å². The lowest BCUT2D eigenvalue weighted by molar-refractivity contribution is -0.387. The molecule has 1 aliphatic heterocycles. The van der Waals surface area contributed by atoms with Crippen molar-refractivity contribution >= 4 is 39.3 Å². The van der Waals surface area contributed by atoms with Gasteiger partial charge in [-0.15, -0.1) is 0 Å². The number of anilines is 1. The first-order valence-electron chi connectivity index (χ1n) is 12.8. The molecule has 0 amide bonds. The summed E-state index contributed by atoms with van der Waals surface area (Å²) in [5, 5.41) is 21.3. The van der Waals surface area contributed by atoms with E-state index in [-0.39, 0.29) is 25.3 Å². The molecule has 14 heteroatoms. The molecule has 2 aromatic carbocycles. The molecule has 1 aliphatic rings. The van der Waals surface area contributed by atoms with Crippen molar-refractivity contribution in [3.63, 3.8) is 0 Å². The Morgan fingerprint density at radius 3 is 2.66 bits per heavy atom. The molecule has 0 radical (unpaired) electrons. The Hall–Kier alpha value is -4.06. The molecule has 1 aromatic heterocycles. The van der Waals surface area contributed by atoms with E-state index in [1.807, 2.05) is 17.2 Å². The highest BCUT2D eigenvalue weighted by Gasteiger charge is 2.37. The van der Waals surface area contributed by atoms with E-state index in [0.29, 0.717) is 41.5 Å². The van der Waals surface area contributed by atoms with Crippen LogP contribution in [0.2, 0.25) is 0 Å². The number of carbonyl (C=O) groups excluding carboxylic acids is 1. The number of sulfonamides is 1. The van der Waals surface area contributed by atoms with E-state index in [0.717, 1.165) is 6.07 Å². The van der Waals surface area contributed by atoms with Crippen molar-refractivity contribution in [3.05, 3.63) is 81.5 Å². The summed E-state index contributed by atoms with van der Waals surface area (Å²) in [5.41, 5.74) is 0.681. The number of rotatable bonds is 11. The number of benzene rings is 2. The second-order valence-electron chi connectivity index (χ2n) is 9.14. The molecule has 0 bridgehead atoms. The van der Waals surface area contributed by atoms with Crippen molar-refractivity contribution in [2.24, 2.45) is 0 Å². The maximum Gasteiger partial charge on any atom is 0.343 e. The average Bonchev–Trinajstić information content (AvgIpc) is 3.45. The predicted molar refractivity (Wildman–Crippen MR) is 152 cm³/mol. The molecular weight excluding hydrogens is 568 g/mol. The molecule has 0 N–H and O–H groups in total. The molecule has 0 spiro atoms. The fraction of sp³-hybridized carbons (Fsp3) is 0.333. The van der Waals surface area contributed by atoms with Gasteiger partial charge in [0.2, 0.25) is 10.0 Å². The van der Waals surface area contributed by atoms with Crippen LogP contribution in [0.1, 0.15) is 41.3 Å². The third-order valence-corrected chi connectivity index (χ3v) is 9.03. The quantitative estimate of drug-likeness (QED) is 0.103. The van der Waals surface area contributed by atoms with Gasteiger partial charge >= 0.3 is 5.97 Å². The van der Waals surface area contributed by atoms with Crippen LogP contribution in [0.5, 0.6) is 0 Å². The van der Waals surface area contributed by atoms with E-state index in [9.17, 15) is 23.3 Å². The highest BCUT2D eigenvalue weighted by Crippen LogP contribution is 2.32. The van der Waals surface area contributed by atoms with E-state index in [1.54, 1.807) is 31.2 Å². The van der Waals surface area contributed by atoms with Gasteiger partial charge in [-0.2, -0.15) is 9.57 Å². The Bertz CT molecular complexity index is 1580. The third-order valence-electron chi connectivity index (χ3n) is 6.61. The second-order valence-corrected chi connectivity index (χ2v) is 11.8. The number of nitriles is 1. The Kier molecular flexibility index (Phi) is 9.53. The number of para-hydroxylation sites is 1. The van der Waals surface area contributed by atoms with Gasteiger partial charge in [0.15, 0.2) is 10.1 Å². The Morgan fingerprint density at radius 2 is 2.00 bits per heavy atom. The van der Waals surface area contributed by atoms with Crippen molar-refractivity contribution in [2.75, 3.05) is 30.9 Å². The fourth-order valence-electron chi connectivity index (χ4n) is 4.67. The zero-order valence-corrected chi connectivity index (χ0v) is 24.1. The molecule has 3 aromatic rings. The first kappa shape index (κ1) is 29.9. The normalized spacial score (nSPS) is 15.1.